The molecule has 1 aliphatic rings. The third-order valence-electron chi connectivity index (χ3n) is 4.65. The first-order valence-corrected chi connectivity index (χ1v) is 8.10. The molecule has 1 N–H and O–H groups in total. The highest BCUT2D eigenvalue weighted by atomic mass is 16.3. The smallest absolute Gasteiger partial charge is 0.123 e. The highest BCUT2D eigenvalue weighted by molar-refractivity contribution is 5.50. The summed E-state index contributed by atoms with van der Waals surface area (Å²) in [5.41, 5.74) is 3.42. The molecule has 0 amide bonds. The fraction of sp³-hybridized carbons (Fsp3) is 0.684. The van der Waals surface area contributed by atoms with E-state index in [4.69, 9.17) is 0 Å². The van der Waals surface area contributed by atoms with Gasteiger partial charge in [0, 0.05) is 6.04 Å². The average molecular weight is 289 g/mol. The summed E-state index contributed by atoms with van der Waals surface area (Å²) < 4.78 is 0. The van der Waals surface area contributed by atoms with Gasteiger partial charge in [0.05, 0.1) is 0 Å². The monoisotopic (exact) mass is 289 g/mol. The average Bonchev–Trinajstić information content (AvgIpc) is 2.72. The summed E-state index contributed by atoms with van der Waals surface area (Å²) in [6, 6.07) is 4.96. The summed E-state index contributed by atoms with van der Waals surface area (Å²) in [6.45, 7) is 14.2. The summed E-state index contributed by atoms with van der Waals surface area (Å²) in [5.74, 6) is 0.486. The first-order chi connectivity index (χ1) is 9.51. The Labute approximate surface area is 130 Å². The second-order valence-electron chi connectivity index (χ2n) is 8.60. The molecule has 2 nitrogen and oxygen atoms in total. The molecule has 1 aliphatic heterocycles. The largest absolute Gasteiger partial charge is 0.507 e. The van der Waals surface area contributed by atoms with Gasteiger partial charge in [0.1, 0.15) is 5.75 Å². The molecule has 118 valence electrons. The van der Waals surface area contributed by atoms with Crippen LogP contribution >= 0.6 is 0 Å². The molecule has 21 heavy (non-hydrogen) atoms. The Morgan fingerprint density at radius 1 is 1.00 bits per heavy atom. The summed E-state index contributed by atoms with van der Waals surface area (Å²) in [5, 5.41) is 10.8. The number of phenols is 1. The molecule has 1 heterocycles. The molecule has 0 aromatic heterocycles. The van der Waals surface area contributed by atoms with Crippen LogP contribution in [0.2, 0.25) is 0 Å². The predicted octanol–water partition coefficient (Wildman–Crippen LogP) is 4.75. The number of likely N-dealkylation sites (tertiary alicyclic amines) is 1. The van der Waals surface area contributed by atoms with Crippen LogP contribution in [-0.4, -0.2) is 23.6 Å². The van der Waals surface area contributed by atoms with Gasteiger partial charge in [0.2, 0.25) is 0 Å². The Morgan fingerprint density at radius 3 is 1.81 bits per heavy atom. The summed E-state index contributed by atoms with van der Waals surface area (Å²) in [4.78, 5) is 2.44. The van der Waals surface area contributed by atoms with Crippen LogP contribution in [0.5, 0.6) is 5.75 Å². The molecule has 0 spiro atoms. The quantitative estimate of drug-likeness (QED) is 0.806. The van der Waals surface area contributed by atoms with Crippen molar-refractivity contribution >= 4 is 0 Å². The lowest BCUT2D eigenvalue weighted by molar-refractivity contribution is 0.316. The van der Waals surface area contributed by atoms with Crippen molar-refractivity contribution in [2.24, 2.45) is 0 Å². The van der Waals surface area contributed by atoms with Crippen LogP contribution < -0.4 is 0 Å². The second kappa shape index (κ2) is 5.31. The Hall–Kier alpha value is -1.02. The van der Waals surface area contributed by atoms with Crippen LogP contribution in [0.25, 0.3) is 0 Å². The lowest BCUT2D eigenvalue weighted by Crippen LogP contribution is -2.21. The van der Waals surface area contributed by atoms with Gasteiger partial charge < -0.3 is 5.11 Å². The third kappa shape index (κ3) is 3.26. The van der Waals surface area contributed by atoms with Gasteiger partial charge in [-0.1, -0.05) is 41.5 Å². The topological polar surface area (TPSA) is 23.5 Å². The number of hydrogen-bond acceptors (Lipinski definition) is 2. The van der Waals surface area contributed by atoms with Crippen molar-refractivity contribution in [1.29, 1.82) is 0 Å². The molecular formula is C19H31NO. The lowest BCUT2D eigenvalue weighted by Gasteiger charge is -2.30. The minimum atomic E-state index is -0.0444. The molecule has 0 aliphatic carbocycles. The minimum Gasteiger partial charge on any atom is -0.507 e. The van der Waals surface area contributed by atoms with Gasteiger partial charge in [0.25, 0.3) is 0 Å². The van der Waals surface area contributed by atoms with Gasteiger partial charge in [0.15, 0.2) is 0 Å². The van der Waals surface area contributed by atoms with Crippen molar-refractivity contribution < 1.29 is 5.11 Å². The van der Waals surface area contributed by atoms with Crippen LogP contribution in [0.3, 0.4) is 0 Å². The van der Waals surface area contributed by atoms with Crippen LogP contribution in [-0.2, 0) is 10.8 Å². The number of rotatable bonds is 1. The van der Waals surface area contributed by atoms with Crippen molar-refractivity contribution in [3.8, 4) is 5.75 Å². The Balaban J connectivity index is 2.62. The molecule has 1 atom stereocenters. The zero-order valence-corrected chi connectivity index (χ0v) is 14.7. The van der Waals surface area contributed by atoms with E-state index < -0.39 is 0 Å². The molecule has 2 rings (SSSR count). The van der Waals surface area contributed by atoms with E-state index in [1.807, 2.05) is 0 Å². The van der Waals surface area contributed by atoms with Crippen LogP contribution in [0.1, 0.15) is 77.1 Å². The van der Waals surface area contributed by atoms with Gasteiger partial charge in [-0.3, -0.25) is 4.90 Å². The number of hydrogen-bond donors (Lipinski definition) is 1. The fourth-order valence-electron chi connectivity index (χ4n) is 3.32. The Morgan fingerprint density at radius 2 is 1.48 bits per heavy atom. The minimum absolute atomic E-state index is 0.0444. The fourth-order valence-corrected chi connectivity index (χ4v) is 3.32. The SMILES string of the molecule is CN1CCCC1c1cc(C(C)(C)C)c(O)c(C(C)(C)C)c1. The summed E-state index contributed by atoms with van der Waals surface area (Å²) in [6.07, 6.45) is 2.48. The standard InChI is InChI=1S/C19H31NO/c1-18(2,3)14-11-13(16-9-8-10-20(16)7)12-15(17(14)21)19(4,5)6/h11-12,16,21H,8-10H2,1-7H3. The van der Waals surface area contributed by atoms with E-state index >= 15 is 0 Å². The molecule has 0 saturated carbocycles. The van der Waals surface area contributed by atoms with Gasteiger partial charge >= 0.3 is 0 Å². The van der Waals surface area contributed by atoms with E-state index in [-0.39, 0.29) is 10.8 Å². The van der Waals surface area contributed by atoms with Crippen molar-refractivity contribution in [2.75, 3.05) is 13.6 Å². The first-order valence-electron chi connectivity index (χ1n) is 8.10. The highest BCUT2D eigenvalue weighted by Crippen LogP contribution is 2.42. The van der Waals surface area contributed by atoms with Crippen molar-refractivity contribution in [2.45, 2.75) is 71.3 Å². The zero-order chi connectivity index (χ0) is 16.0. The maximum atomic E-state index is 10.8. The van der Waals surface area contributed by atoms with Crippen LogP contribution in [0.15, 0.2) is 12.1 Å². The van der Waals surface area contributed by atoms with Gasteiger partial charge in [-0.05, 0) is 66.1 Å². The zero-order valence-electron chi connectivity index (χ0n) is 14.7. The summed E-state index contributed by atoms with van der Waals surface area (Å²) in [7, 11) is 2.21. The van der Waals surface area contributed by atoms with Crippen molar-refractivity contribution in [1.82, 2.24) is 4.90 Å². The van der Waals surface area contributed by atoms with Gasteiger partial charge in [-0.15, -0.1) is 0 Å². The van der Waals surface area contributed by atoms with Crippen molar-refractivity contribution in [3.63, 3.8) is 0 Å². The van der Waals surface area contributed by atoms with Gasteiger partial charge in [-0.2, -0.15) is 0 Å². The molecule has 2 heteroatoms. The number of benzene rings is 1. The normalized spacial score (nSPS) is 21.0. The maximum Gasteiger partial charge on any atom is 0.123 e. The number of phenolic OH excluding ortho intramolecular Hbond substituents is 1. The Bertz CT molecular complexity index is 484. The number of nitrogens with zero attached hydrogens (tertiary/aromatic N) is 1. The van der Waals surface area contributed by atoms with Crippen LogP contribution in [0.4, 0.5) is 0 Å². The third-order valence-corrected chi connectivity index (χ3v) is 4.65. The first kappa shape index (κ1) is 16.4. The molecule has 0 bridgehead atoms. The molecule has 1 aromatic carbocycles. The highest BCUT2D eigenvalue weighted by Gasteiger charge is 2.30. The van der Waals surface area contributed by atoms with E-state index in [1.165, 1.54) is 24.9 Å². The van der Waals surface area contributed by atoms with Crippen molar-refractivity contribution in [3.05, 3.63) is 28.8 Å². The molecule has 1 unspecified atom stereocenters. The van der Waals surface area contributed by atoms with E-state index in [0.29, 0.717) is 11.8 Å². The predicted molar refractivity (Wildman–Crippen MR) is 90.1 cm³/mol. The van der Waals surface area contributed by atoms with E-state index in [1.54, 1.807) is 0 Å². The molecule has 1 fully saturated rings. The lowest BCUT2D eigenvalue weighted by atomic mass is 9.77. The number of aromatic hydroxyl groups is 1. The maximum absolute atomic E-state index is 10.8. The summed E-state index contributed by atoms with van der Waals surface area (Å²) >= 11 is 0. The van der Waals surface area contributed by atoms with Gasteiger partial charge in [-0.25, -0.2) is 0 Å². The van der Waals surface area contributed by atoms with E-state index in [0.717, 1.165) is 11.1 Å². The molecule has 1 saturated heterocycles. The van der Waals surface area contributed by atoms with Crippen LogP contribution in [0, 0.1) is 0 Å². The molecule has 0 radical (unpaired) electrons. The molecular weight excluding hydrogens is 258 g/mol. The van der Waals surface area contributed by atoms with E-state index in [2.05, 4.69) is 65.6 Å². The molecule has 1 aromatic rings. The Kier molecular flexibility index (Phi) is 4.14. The van der Waals surface area contributed by atoms with E-state index in [9.17, 15) is 5.11 Å². The second-order valence-corrected chi connectivity index (χ2v) is 8.60.